The molecule has 3 N–H and O–H groups in total. The zero-order valence-electron chi connectivity index (χ0n) is 11.2. The number of nitrogens with zero attached hydrogens (tertiary/aromatic N) is 2. The highest BCUT2D eigenvalue weighted by molar-refractivity contribution is 5.80. The molecule has 0 bridgehead atoms. The van der Waals surface area contributed by atoms with Crippen molar-refractivity contribution < 1.29 is 9.94 Å². The van der Waals surface area contributed by atoms with E-state index in [9.17, 15) is 0 Å². The average molecular weight is 263 g/mol. The van der Waals surface area contributed by atoms with Gasteiger partial charge in [0.2, 0.25) is 0 Å². The summed E-state index contributed by atoms with van der Waals surface area (Å²) in [6, 6.07) is 8.27. The number of hydrogen-bond acceptors (Lipinski definition) is 4. The zero-order chi connectivity index (χ0) is 13.7. The van der Waals surface area contributed by atoms with Crippen LogP contribution >= 0.6 is 0 Å². The van der Waals surface area contributed by atoms with Crippen LogP contribution in [-0.4, -0.2) is 30.2 Å². The van der Waals surface area contributed by atoms with Crippen LogP contribution in [0, 0.1) is 0 Å². The Kier molecular flexibility index (Phi) is 4.49. The maximum absolute atomic E-state index is 8.75. The summed E-state index contributed by atoms with van der Waals surface area (Å²) in [4.78, 5) is 2.31. The summed E-state index contributed by atoms with van der Waals surface area (Å²) in [5.41, 5.74) is 6.75. The number of hydrogen-bond donors (Lipinski definition) is 2. The molecule has 5 nitrogen and oxygen atoms in total. The largest absolute Gasteiger partial charge is 0.491 e. The fourth-order valence-electron chi connectivity index (χ4n) is 2.49. The highest BCUT2D eigenvalue weighted by Crippen LogP contribution is 2.33. The smallest absolute Gasteiger partial charge is 0.142 e. The lowest BCUT2D eigenvalue weighted by atomic mass is 10.1. The van der Waals surface area contributed by atoms with Crippen molar-refractivity contribution in [2.45, 2.75) is 32.2 Å². The Morgan fingerprint density at radius 1 is 1.53 bits per heavy atom. The van der Waals surface area contributed by atoms with E-state index in [2.05, 4.69) is 23.0 Å². The van der Waals surface area contributed by atoms with E-state index in [0.717, 1.165) is 37.4 Å². The number of benzene rings is 1. The van der Waals surface area contributed by atoms with Gasteiger partial charge in [-0.1, -0.05) is 24.2 Å². The van der Waals surface area contributed by atoms with Crippen molar-refractivity contribution in [2.75, 3.05) is 18.1 Å². The molecule has 0 aliphatic carbocycles. The second-order valence-electron chi connectivity index (χ2n) is 4.72. The molecular weight excluding hydrogens is 242 g/mol. The van der Waals surface area contributed by atoms with Crippen LogP contribution in [0.2, 0.25) is 0 Å². The Morgan fingerprint density at radius 3 is 3.05 bits per heavy atom. The third-order valence-corrected chi connectivity index (χ3v) is 3.46. The van der Waals surface area contributed by atoms with Crippen LogP contribution in [0.4, 0.5) is 5.69 Å². The lowest BCUT2D eigenvalue weighted by Gasteiger charge is -2.32. The molecule has 0 saturated heterocycles. The first-order valence-electron chi connectivity index (χ1n) is 6.71. The molecule has 1 heterocycles. The van der Waals surface area contributed by atoms with Crippen molar-refractivity contribution in [1.82, 2.24) is 0 Å². The third kappa shape index (κ3) is 3.10. The molecule has 0 aromatic heterocycles. The van der Waals surface area contributed by atoms with Gasteiger partial charge in [-0.2, -0.15) is 0 Å². The number of amidine groups is 1. The van der Waals surface area contributed by atoms with E-state index in [1.54, 1.807) is 0 Å². The van der Waals surface area contributed by atoms with Crippen LogP contribution in [0.3, 0.4) is 0 Å². The van der Waals surface area contributed by atoms with Crippen molar-refractivity contribution in [1.29, 1.82) is 0 Å². The molecule has 1 unspecified atom stereocenters. The van der Waals surface area contributed by atoms with Crippen molar-refractivity contribution in [3.63, 3.8) is 0 Å². The highest BCUT2D eigenvalue weighted by Gasteiger charge is 2.23. The molecule has 5 heteroatoms. The molecule has 2 rings (SSSR count). The normalized spacial score (nSPS) is 17.3. The van der Waals surface area contributed by atoms with E-state index in [4.69, 9.17) is 15.7 Å². The molecule has 19 heavy (non-hydrogen) atoms. The van der Waals surface area contributed by atoms with E-state index in [1.807, 2.05) is 18.2 Å². The first-order valence-corrected chi connectivity index (χ1v) is 6.71. The Morgan fingerprint density at radius 2 is 2.32 bits per heavy atom. The molecule has 104 valence electrons. The molecule has 1 aliphatic rings. The second-order valence-corrected chi connectivity index (χ2v) is 4.72. The van der Waals surface area contributed by atoms with Gasteiger partial charge in [0, 0.05) is 19.0 Å². The van der Waals surface area contributed by atoms with Crippen molar-refractivity contribution in [2.24, 2.45) is 10.9 Å². The number of fused-ring (bicyclic) bond motifs is 1. The molecular formula is C14H21N3O2. The zero-order valence-corrected chi connectivity index (χ0v) is 11.2. The van der Waals surface area contributed by atoms with E-state index in [0.29, 0.717) is 6.42 Å². The molecule has 1 aliphatic heterocycles. The first-order chi connectivity index (χ1) is 9.26. The van der Waals surface area contributed by atoms with Gasteiger partial charge in [0.15, 0.2) is 0 Å². The van der Waals surface area contributed by atoms with Gasteiger partial charge in [-0.15, -0.1) is 0 Å². The van der Waals surface area contributed by atoms with E-state index >= 15 is 0 Å². The van der Waals surface area contributed by atoms with Crippen molar-refractivity contribution >= 4 is 11.5 Å². The monoisotopic (exact) mass is 263 g/mol. The van der Waals surface area contributed by atoms with E-state index in [-0.39, 0.29) is 11.9 Å². The van der Waals surface area contributed by atoms with Gasteiger partial charge in [0.25, 0.3) is 0 Å². The maximum Gasteiger partial charge on any atom is 0.142 e. The molecule has 0 fully saturated rings. The summed E-state index contributed by atoms with van der Waals surface area (Å²) in [7, 11) is 0. The van der Waals surface area contributed by atoms with Crippen LogP contribution in [0.5, 0.6) is 5.75 Å². The Labute approximate surface area is 113 Å². The van der Waals surface area contributed by atoms with Gasteiger partial charge in [-0.05, 0) is 25.0 Å². The lowest BCUT2D eigenvalue weighted by Crippen LogP contribution is -2.38. The Hall–Kier alpha value is -1.91. The van der Waals surface area contributed by atoms with Crippen molar-refractivity contribution in [3.8, 4) is 5.75 Å². The minimum absolute atomic E-state index is 0.221. The summed E-state index contributed by atoms with van der Waals surface area (Å²) in [6.45, 7) is 3.77. The lowest BCUT2D eigenvalue weighted by molar-refractivity contribution is 0.315. The van der Waals surface area contributed by atoms with Crippen LogP contribution in [-0.2, 0) is 0 Å². The summed E-state index contributed by atoms with van der Waals surface area (Å²) in [5.74, 6) is 1.19. The Balaban J connectivity index is 2.26. The number of para-hydroxylation sites is 2. The van der Waals surface area contributed by atoms with Crippen LogP contribution in [0.15, 0.2) is 29.4 Å². The molecule has 0 saturated carbocycles. The molecule has 1 aromatic carbocycles. The van der Waals surface area contributed by atoms with E-state index < -0.39 is 0 Å². The molecule has 0 radical (unpaired) electrons. The second kappa shape index (κ2) is 6.31. The molecule has 1 aromatic rings. The van der Waals surface area contributed by atoms with Gasteiger partial charge in [0.05, 0.1) is 12.3 Å². The number of rotatable bonds is 4. The summed E-state index contributed by atoms with van der Waals surface area (Å²) in [6.07, 6.45) is 2.47. The van der Waals surface area contributed by atoms with Gasteiger partial charge in [0.1, 0.15) is 11.6 Å². The molecule has 1 atom stereocenters. The van der Waals surface area contributed by atoms with Gasteiger partial charge < -0.3 is 20.6 Å². The molecule has 0 spiro atoms. The van der Waals surface area contributed by atoms with Crippen LogP contribution in [0.1, 0.15) is 26.2 Å². The number of oxime groups is 1. The third-order valence-electron chi connectivity index (χ3n) is 3.46. The summed E-state index contributed by atoms with van der Waals surface area (Å²) >= 11 is 0. The summed E-state index contributed by atoms with van der Waals surface area (Å²) in [5, 5.41) is 11.8. The van der Waals surface area contributed by atoms with Gasteiger partial charge in [-0.25, -0.2) is 0 Å². The highest BCUT2D eigenvalue weighted by atomic mass is 16.5. The van der Waals surface area contributed by atoms with Crippen LogP contribution < -0.4 is 15.4 Å². The fourth-order valence-corrected chi connectivity index (χ4v) is 2.49. The summed E-state index contributed by atoms with van der Waals surface area (Å²) < 4.78 is 5.75. The SMILES string of the molecule is CCC(C/C(N)=N/O)N1CCCOc2ccccc21. The first kappa shape index (κ1) is 13.5. The molecule has 0 amide bonds. The minimum atomic E-state index is 0.221. The Bertz CT molecular complexity index is 448. The number of ether oxygens (including phenoxy) is 1. The van der Waals surface area contributed by atoms with E-state index in [1.165, 1.54) is 0 Å². The standard InChI is InChI=1S/C14H21N3O2/c1-2-11(10-14(15)16-18)17-8-5-9-19-13-7-4-3-6-12(13)17/h3-4,6-7,11,18H,2,5,8-10H2,1H3,(H2,15,16). The maximum atomic E-state index is 8.75. The quantitative estimate of drug-likeness (QED) is 0.378. The predicted molar refractivity (Wildman–Crippen MR) is 76.0 cm³/mol. The van der Waals surface area contributed by atoms with Gasteiger partial charge in [-0.3, -0.25) is 0 Å². The average Bonchev–Trinajstić information content (AvgIpc) is 2.67. The number of anilines is 1. The fraction of sp³-hybridized carbons (Fsp3) is 0.500. The van der Waals surface area contributed by atoms with Gasteiger partial charge >= 0.3 is 0 Å². The van der Waals surface area contributed by atoms with Crippen molar-refractivity contribution in [3.05, 3.63) is 24.3 Å². The predicted octanol–water partition coefficient (Wildman–Crippen LogP) is 2.19. The number of nitrogens with two attached hydrogens (primary N) is 1. The minimum Gasteiger partial charge on any atom is -0.491 e. The van der Waals surface area contributed by atoms with Crippen LogP contribution in [0.25, 0.3) is 0 Å². The topological polar surface area (TPSA) is 71.1 Å².